The van der Waals surface area contributed by atoms with Crippen LogP contribution in [0.5, 0.6) is 0 Å². The number of halogens is 4. The third-order valence-electron chi connectivity index (χ3n) is 5.88. The van der Waals surface area contributed by atoms with Gasteiger partial charge < -0.3 is 0 Å². The summed E-state index contributed by atoms with van der Waals surface area (Å²) in [6.07, 6.45) is 2.75. The molecule has 0 unspecified atom stereocenters. The van der Waals surface area contributed by atoms with Gasteiger partial charge in [-0.05, 0) is 18.2 Å². The summed E-state index contributed by atoms with van der Waals surface area (Å²) in [5.74, 6) is -3.16. The molecule has 1 atom stereocenters. The molecule has 10 heteroatoms. The van der Waals surface area contributed by atoms with Crippen LogP contribution in [0.2, 0.25) is 5.15 Å². The molecule has 1 fully saturated rings. The van der Waals surface area contributed by atoms with Gasteiger partial charge in [-0.15, -0.1) is 0 Å². The largest absolute Gasteiger partial charge is 0.267 e. The molecule has 29 heavy (non-hydrogen) atoms. The number of pyridine rings is 2. The van der Waals surface area contributed by atoms with E-state index in [1.54, 1.807) is 16.9 Å². The Labute approximate surface area is 166 Å². The molecule has 4 aromatic heterocycles. The van der Waals surface area contributed by atoms with Crippen LogP contribution in [0.25, 0.3) is 33.5 Å². The molecule has 0 saturated heterocycles. The maximum atomic E-state index is 14.1. The normalized spacial score (nSPS) is 21.8. The minimum atomic E-state index is -2.69. The zero-order valence-corrected chi connectivity index (χ0v) is 15.5. The Hall–Kier alpha value is -2.94. The van der Waals surface area contributed by atoms with Crippen molar-refractivity contribution in [3.63, 3.8) is 0 Å². The SMILES string of the molecule is Fc1ccc(-c2nn3c(c2-c2ccnc4[nH]nc(Cl)c24)C[C@@]2(C3)CC2(F)F)nc1. The highest BCUT2D eigenvalue weighted by Crippen LogP contribution is 2.66. The summed E-state index contributed by atoms with van der Waals surface area (Å²) in [6.45, 7) is 0.136. The molecule has 0 radical (unpaired) electrons. The van der Waals surface area contributed by atoms with Crippen molar-refractivity contribution >= 4 is 22.6 Å². The first-order valence-electron chi connectivity index (χ1n) is 8.97. The second-order valence-corrected chi connectivity index (χ2v) is 7.98. The first-order chi connectivity index (χ1) is 13.9. The Kier molecular flexibility index (Phi) is 3.13. The average molecular weight is 417 g/mol. The monoisotopic (exact) mass is 416 g/mol. The van der Waals surface area contributed by atoms with Crippen molar-refractivity contribution in [1.82, 2.24) is 29.9 Å². The number of alkyl halides is 2. The van der Waals surface area contributed by atoms with Crippen molar-refractivity contribution in [2.45, 2.75) is 25.3 Å². The van der Waals surface area contributed by atoms with Crippen LogP contribution in [-0.2, 0) is 13.0 Å². The van der Waals surface area contributed by atoms with Crippen LogP contribution in [0, 0.1) is 11.2 Å². The molecular formula is C19H12ClF3N6. The van der Waals surface area contributed by atoms with Crippen LogP contribution in [0.3, 0.4) is 0 Å². The molecule has 0 amide bonds. The lowest BCUT2D eigenvalue weighted by molar-refractivity contribution is 0.0630. The van der Waals surface area contributed by atoms with E-state index >= 15 is 0 Å². The molecule has 1 aliphatic carbocycles. The van der Waals surface area contributed by atoms with Gasteiger partial charge in [0, 0.05) is 35.9 Å². The van der Waals surface area contributed by atoms with Crippen molar-refractivity contribution < 1.29 is 13.2 Å². The fourth-order valence-corrected chi connectivity index (χ4v) is 4.55. The van der Waals surface area contributed by atoms with Crippen molar-refractivity contribution in [3.8, 4) is 22.5 Å². The molecular weight excluding hydrogens is 405 g/mol. The van der Waals surface area contributed by atoms with Gasteiger partial charge in [-0.1, -0.05) is 11.6 Å². The third kappa shape index (κ3) is 2.24. The molecule has 146 valence electrons. The van der Waals surface area contributed by atoms with Crippen LogP contribution >= 0.6 is 11.6 Å². The molecule has 1 N–H and O–H groups in total. The lowest BCUT2D eigenvalue weighted by Crippen LogP contribution is -2.13. The van der Waals surface area contributed by atoms with Crippen LogP contribution in [0.1, 0.15) is 12.1 Å². The first-order valence-corrected chi connectivity index (χ1v) is 9.35. The minimum Gasteiger partial charge on any atom is -0.267 e. The molecule has 6 rings (SSSR count). The average Bonchev–Trinajstić information content (AvgIpc) is 3.07. The van der Waals surface area contributed by atoms with E-state index in [0.29, 0.717) is 39.2 Å². The highest BCUT2D eigenvalue weighted by Gasteiger charge is 2.73. The number of aromatic amines is 1. The Morgan fingerprint density at radius 3 is 2.72 bits per heavy atom. The topological polar surface area (TPSA) is 72.3 Å². The molecule has 0 aromatic carbocycles. The van der Waals surface area contributed by atoms with Crippen molar-refractivity contribution in [2.24, 2.45) is 5.41 Å². The number of fused-ring (bicyclic) bond motifs is 2. The highest BCUT2D eigenvalue weighted by molar-refractivity contribution is 6.35. The number of nitrogens with zero attached hydrogens (tertiary/aromatic N) is 5. The maximum Gasteiger partial charge on any atom is 0.256 e. The Bertz CT molecular complexity index is 1300. The molecule has 1 aliphatic heterocycles. The number of rotatable bonds is 2. The van der Waals surface area contributed by atoms with Gasteiger partial charge in [0.05, 0.1) is 29.2 Å². The summed E-state index contributed by atoms with van der Waals surface area (Å²) >= 11 is 6.28. The molecule has 2 aliphatic rings. The predicted molar refractivity (Wildman–Crippen MR) is 99.0 cm³/mol. The van der Waals surface area contributed by atoms with Gasteiger partial charge in [0.2, 0.25) is 0 Å². The predicted octanol–water partition coefficient (Wildman–Crippen LogP) is 4.26. The number of hydrogen-bond donors (Lipinski definition) is 1. The van der Waals surface area contributed by atoms with Gasteiger partial charge in [-0.2, -0.15) is 10.2 Å². The van der Waals surface area contributed by atoms with Crippen LogP contribution in [0.15, 0.2) is 30.6 Å². The summed E-state index contributed by atoms with van der Waals surface area (Å²) in [7, 11) is 0. The fourth-order valence-electron chi connectivity index (χ4n) is 4.31. The first kappa shape index (κ1) is 17.0. The van der Waals surface area contributed by atoms with Gasteiger partial charge >= 0.3 is 0 Å². The second kappa shape index (κ2) is 5.35. The lowest BCUT2D eigenvalue weighted by atomic mass is 9.95. The standard InChI is InChI=1S/C19H12ClF3N6/c20-16-14-10(3-4-24-17(14)27-26-16)13-12-5-18(7-19(18,22)23)8-29(12)28-15(13)11-2-1-9(21)6-25-11/h1-4,6H,5,7-8H2,(H,24,26,27)/t18-/m0/s1. The van der Waals surface area contributed by atoms with Crippen molar-refractivity contribution in [1.29, 1.82) is 0 Å². The van der Waals surface area contributed by atoms with E-state index in [-0.39, 0.29) is 24.5 Å². The van der Waals surface area contributed by atoms with Gasteiger partial charge in [-0.25, -0.2) is 18.2 Å². The number of aromatic nitrogens is 6. The Morgan fingerprint density at radius 2 is 2.00 bits per heavy atom. The number of hydrogen-bond acceptors (Lipinski definition) is 4. The maximum absolute atomic E-state index is 14.1. The van der Waals surface area contributed by atoms with Gasteiger partial charge in [0.1, 0.15) is 11.5 Å². The molecule has 1 saturated carbocycles. The molecule has 6 nitrogen and oxygen atoms in total. The number of H-pyrrole nitrogens is 1. The van der Waals surface area contributed by atoms with E-state index < -0.39 is 17.2 Å². The Morgan fingerprint density at radius 1 is 1.17 bits per heavy atom. The van der Waals surface area contributed by atoms with E-state index in [0.717, 1.165) is 6.20 Å². The summed E-state index contributed by atoms with van der Waals surface area (Å²) in [5, 5.41) is 12.2. The zero-order chi connectivity index (χ0) is 20.0. The van der Waals surface area contributed by atoms with Crippen LogP contribution < -0.4 is 0 Å². The smallest absolute Gasteiger partial charge is 0.256 e. The summed E-state index contributed by atoms with van der Waals surface area (Å²) in [6, 6.07) is 4.57. The van der Waals surface area contributed by atoms with Crippen LogP contribution in [0.4, 0.5) is 13.2 Å². The molecule has 4 aromatic rings. The highest BCUT2D eigenvalue weighted by atomic mass is 35.5. The van der Waals surface area contributed by atoms with E-state index in [9.17, 15) is 13.2 Å². The van der Waals surface area contributed by atoms with Gasteiger partial charge in [0.15, 0.2) is 10.8 Å². The van der Waals surface area contributed by atoms with Crippen molar-refractivity contribution in [2.75, 3.05) is 0 Å². The summed E-state index contributed by atoms with van der Waals surface area (Å²) in [4.78, 5) is 8.38. The molecule has 5 heterocycles. The van der Waals surface area contributed by atoms with Crippen molar-refractivity contribution in [3.05, 3.63) is 47.3 Å². The Balaban J connectivity index is 1.62. The zero-order valence-electron chi connectivity index (χ0n) is 14.8. The number of nitrogens with one attached hydrogen (secondary N) is 1. The van der Waals surface area contributed by atoms with Gasteiger partial charge in [-0.3, -0.25) is 14.8 Å². The van der Waals surface area contributed by atoms with Crippen LogP contribution in [-0.4, -0.2) is 35.9 Å². The quantitative estimate of drug-likeness (QED) is 0.530. The third-order valence-corrected chi connectivity index (χ3v) is 6.16. The van der Waals surface area contributed by atoms with E-state index in [2.05, 4.69) is 25.3 Å². The summed E-state index contributed by atoms with van der Waals surface area (Å²) < 4.78 is 43.1. The minimum absolute atomic E-state index is 0.136. The fraction of sp³-hybridized carbons (Fsp3) is 0.263. The summed E-state index contributed by atoms with van der Waals surface area (Å²) in [5.41, 5.74) is 2.36. The second-order valence-electron chi connectivity index (χ2n) is 7.62. The van der Waals surface area contributed by atoms with E-state index in [1.807, 2.05) is 0 Å². The lowest BCUT2D eigenvalue weighted by Gasteiger charge is -2.09. The molecule has 1 spiro atoms. The van der Waals surface area contributed by atoms with E-state index in [4.69, 9.17) is 11.6 Å². The van der Waals surface area contributed by atoms with E-state index in [1.165, 1.54) is 12.1 Å². The van der Waals surface area contributed by atoms with Gasteiger partial charge in [0.25, 0.3) is 5.92 Å². The molecule has 0 bridgehead atoms.